The largest absolute Gasteiger partial charge is 0.363 e. The van der Waals surface area contributed by atoms with Crippen LogP contribution in [0, 0.1) is 29.1 Å². The number of carbonyl (C=O) groups excluding carboxylic acids is 1. The average molecular weight is 279 g/mol. The van der Waals surface area contributed by atoms with E-state index in [1.54, 1.807) is 0 Å². The Balaban J connectivity index is 2.54. The average Bonchev–Trinajstić information content (AvgIpc) is 2.37. The smallest absolute Gasteiger partial charge is 0.200 e. The van der Waals surface area contributed by atoms with E-state index in [1.165, 1.54) is 6.92 Å². The predicted molar refractivity (Wildman–Crippen MR) is 57.3 cm³/mol. The van der Waals surface area contributed by atoms with E-state index in [1.807, 2.05) is 0 Å². The van der Waals surface area contributed by atoms with Gasteiger partial charge in [-0.2, -0.15) is 0 Å². The summed E-state index contributed by atoms with van der Waals surface area (Å²) in [7, 11) is 0. The van der Waals surface area contributed by atoms with Crippen molar-refractivity contribution in [1.82, 2.24) is 0 Å². The molecule has 0 aliphatic carbocycles. The number of rotatable bonds is 1. The fourth-order valence-electron chi connectivity index (χ4n) is 2.18. The highest BCUT2D eigenvalue weighted by molar-refractivity contribution is 5.81. The van der Waals surface area contributed by atoms with Gasteiger partial charge in [-0.1, -0.05) is 0 Å². The first kappa shape index (κ1) is 13.8. The Morgan fingerprint density at radius 2 is 1.42 bits per heavy atom. The number of benzene rings is 1. The molecule has 0 N–H and O–H groups in total. The third kappa shape index (κ3) is 2.17. The van der Waals surface area contributed by atoms with Crippen LogP contribution in [0.4, 0.5) is 27.6 Å². The third-order valence-corrected chi connectivity index (χ3v) is 3.16. The van der Waals surface area contributed by atoms with Gasteiger partial charge in [-0.3, -0.25) is 4.79 Å². The van der Waals surface area contributed by atoms with Gasteiger partial charge in [0, 0.05) is 25.4 Å². The van der Waals surface area contributed by atoms with Crippen LogP contribution in [-0.4, -0.2) is 18.4 Å². The number of anilines is 1. The van der Waals surface area contributed by atoms with Gasteiger partial charge < -0.3 is 4.90 Å². The lowest BCUT2D eigenvalue weighted by Crippen LogP contribution is -2.42. The molecule has 0 saturated carbocycles. The standard InChI is InChI=1S/C12H10F5NO/c1-5-4-6(19)2-3-18(5)12-10(16)8(14)7(13)9(15)11(12)17/h5H,2-4H2,1H3. The van der Waals surface area contributed by atoms with Crippen molar-refractivity contribution in [2.75, 3.05) is 11.4 Å². The van der Waals surface area contributed by atoms with Crippen LogP contribution in [0.5, 0.6) is 0 Å². The molecule has 1 unspecified atom stereocenters. The van der Waals surface area contributed by atoms with Gasteiger partial charge in [0.2, 0.25) is 5.82 Å². The topological polar surface area (TPSA) is 20.3 Å². The molecule has 1 saturated heterocycles. The minimum Gasteiger partial charge on any atom is -0.363 e. The molecule has 1 atom stereocenters. The second-order valence-electron chi connectivity index (χ2n) is 4.45. The summed E-state index contributed by atoms with van der Waals surface area (Å²) in [5.41, 5.74) is -0.962. The van der Waals surface area contributed by atoms with Gasteiger partial charge in [-0.15, -0.1) is 0 Å². The molecule has 0 spiro atoms. The molecular weight excluding hydrogens is 269 g/mol. The van der Waals surface area contributed by atoms with Crippen molar-refractivity contribution in [2.24, 2.45) is 0 Å². The maximum Gasteiger partial charge on any atom is 0.200 e. The summed E-state index contributed by atoms with van der Waals surface area (Å²) in [5, 5.41) is 0. The fraction of sp³-hybridized carbons (Fsp3) is 0.417. The van der Waals surface area contributed by atoms with Gasteiger partial charge in [0.25, 0.3) is 0 Å². The summed E-state index contributed by atoms with van der Waals surface area (Å²) in [6.45, 7) is 1.42. The summed E-state index contributed by atoms with van der Waals surface area (Å²) in [6.07, 6.45) is 0.0311. The fourth-order valence-corrected chi connectivity index (χ4v) is 2.18. The molecule has 0 aromatic heterocycles. The van der Waals surface area contributed by atoms with E-state index in [4.69, 9.17) is 0 Å². The minimum atomic E-state index is -2.18. The summed E-state index contributed by atoms with van der Waals surface area (Å²) in [5.74, 6) is -9.96. The maximum absolute atomic E-state index is 13.6. The molecular formula is C12H10F5NO. The molecule has 1 aromatic rings. The van der Waals surface area contributed by atoms with Crippen molar-refractivity contribution in [1.29, 1.82) is 0 Å². The molecule has 1 fully saturated rings. The number of Topliss-reactive ketones (excluding diaryl/α,β-unsaturated/α-hetero) is 1. The van der Waals surface area contributed by atoms with Gasteiger partial charge in [-0.25, -0.2) is 22.0 Å². The molecule has 2 rings (SSSR count). The quantitative estimate of drug-likeness (QED) is 0.447. The summed E-state index contributed by atoms with van der Waals surface area (Å²) < 4.78 is 66.4. The van der Waals surface area contributed by atoms with Crippen LogP contribution in [0.1, 0.15) is 19.8 Å². The SMILES string of the molecule is CC1CC(=O)CCN1c1c(F)c(F)c(F)c(F)c1F. The van der Waals surface area contributed by atoms with E-state index < -0.39 is 40.8 Å². The van der Waals surface area contributed by atoms with Crippen LogP contribution in [0.25, 0.3) is 0 Å². The van der Waals surface area contributed by atoms with E-state index in [0.29, 0.717) is 0 Å². The molecule has 2 nitrogen and oxygen atoms in total. The first-order valence-corrected chi connectivity index (χ1v) is 5.64. The van der Waals surface area contributed by atoms with E-state index in [2.05, 4.69) is 0 Å². The van der Waals surface area contributed by atoms with Crippen molar-refractivity contribution in [3.63, 3.8) is 0 Å². The van der Waals surface area contributed by atoms with Gasteiger partial charge in [0.1, 0.15) is 11.5 Å². The first-order chi connectivity index (χ1) is 8.84. The zero-order chi connectivity index (χ0) is 14.3. The van der Waals surface area contributed by atoms with Crippen molar-refractivity contribution >= 4 is 11.5 Å². The van der Waals surface area contributed by atoms with Gasteiger partial charge in [-0.05, 0) is 6.92 Å². The molecule has 0 bridgehead atoms. The Labute approximate surface area is 105 Å². The number of hydrogen-bond acceptors (Lipinski definition) is 2. The number of ketones is 1. The van der Waals surface area contributed by atoms with Crippen molar-refractivity contribution in [2.45, 2.75) is 25.8 Å². The van der Waals surface area contributed by atoms with Crippen LogP contribution in [0.15, 0.2) is 0 Å². The Kier molecular flexibility index (Phi) is 3.47. The molecule has 0 amide bonds. The van der Waals surface area contributed by atoms with Gasteiger partial charge in [0.15, 0.2) is 23.3 Å². The van der Waals surface area contributed by atoms with Crippen LogP contribution in [0.2, 0.25) is 0 Å². The van der Waals surface area contributed by atoms with Crippen LogP contribution >= 0.6 is 0 Å². The monoisotopic (exact) mass is 279 g/mol. The molecule has 104 valence electrons. The molecule has 19 heavy (non-hydrogen) atoms. The normalized spacial score (nSPS) is 20.0. The third-order valence-electron chi connectivity index (χ3n) is 3.16. The number of halogens is 5. The van der Waals surface area contributed by atoms with E-state index >= 15 is 0 Å². The second kappa shape index (κ2) is 4.79. The Morgan fingerprint density at radius 1 is 0.947 bits per heavy atom. The predicted octanol–water partition coefficient (Wildman–Crippen LogP) is 2.94. The van der Waals surface area contributed by atoms with E-state index in [0.717, 1.165) is 4.90 Å². The van der Waals surface area contributed by atoms with Gasteiger partial charge >= 0.3 is 0 Å². The number of carbonyl (C=O) groups is 1. The van der Waals surface area contributed by atoms with E-state index in [9.17, 15) is 26.7 Å². The van der Waals surface area contributed by atoms with Gasteiger partial charge in [0.05, 0.1) is 0 Å². The lowest BCUT2D eigenvalue weighted by atomic mass is 10.0. The second-order valence-corrected chi connectivity index (χ2v) is 4.45. The van der Waals surface area contributed by atoms with Crippen molar-refractivity contribution in [3.05, 3.63) is 29.1 Å². The number of hydrogen-bond donors (Lipinski definition) is 0. The summed E-state index contributed by atoms with van der Waals surface area (Å²) in [6, 6.07) is -0.616. The van der Waals surface area contributed by atoms with Crippen LogP contribution in [-0.2, 0) is 4.79 Å². The zero-order valence-corrected chi connectivity index (χ0v) is 9.94. The van der Waals surface area contributed by atoms with Crippen LogP contribution < -0.4 is 4.90 Å². The molecule has 1 heterocycles. The summed E-state index contributed by atoms with van der Waals surface area (Å²) >= 11 is 0. The summed E-state index contributed by atoms with van der Waals surface area (Å²) in [4.78, 5) is 12.2. The van der Waals surface area contributed by atoms with Crippen molar-refractivity contribution in [3.8, 4) is 0 Å². The zero-order valence-electron chi connectivity index (χ0n) is 9.94. The Hall–Kier alpha value is -1.66. The Morgan fingerprint density at radius 3 is 1.89 bits per heavy atom. The van der Waals surface area contributed by atoms with Crippen LogP contribution in [0.3, 0.4) is 0 Å². The van der Waals surface area contributed by atoms with E-state index in [-0.39, 0.29) is 25.2 Å². The van der Waals surface area contributed by atoms with Crippen molar-refractivity contribution < 1.29 is 26.7 Å². The molecule has 7 heteroatoms. The number of nitrogens with zero attached hydrogens (tertiary/aromatic N) is 1. The lowest BCUT2D eigenvalue weighted by molar-refractivity contribution is -0.120. The molecule has 1 aromatic carbocycles. The minimum absolute atomic E-state index is 0.0134. The maximum atomic E-state index is 13.6. The lowest BCUT2D eigenvalue weighted by Gasteiger charge is -2.35. The number of piperidine rings is 1. The molecule has 1 aliphatic rings. The first-order valence-electron chi connectivity index (χ1n) is 5.64. The highest BCUT2D eigenvalue weighted by atomic mass is 19.2. The molecule has 0 radical (unpaired) electrons. The molecule has 1 aliphatic heterocycles. The Bertz CT molecular complexity index is 516. The highest BCUT2D eigenvalue weighted by Gasteiger charge is 2.33. The highest BCUT2D eigenvalue weighted by Crippen LogP contribution is 2.33.